The van der Waals surface area contributed by atoms with Crippen molar-refractivity contribution in [1.29, 1.82) is 0 Å². The molecule has 0 saturated carbocycles. The molecule has 1 N–H and O–H groups in total. The van der Waals surface area contributed by atoms with Crippen LogP contribution in [0.15, 0.2) is 60.7 Å². The molecule has 1 amide bonds. The van der Waals surface area contributed by atoms with Gasteiger partial charge in [-0.25, -0.2) is 4.79 Å². The summed E-state index contributed by atoms with van der Waals surface area (Å²) >= 11 is 5.84. The minimum absolute atomic E-state index is 0.0888. The van der Waals surface area contributed by atoms with Crippen LogP contribution in [0.5, 0.6) is 5.75 Å². The van der Waals surface area contributed by atoms with Gasteiger partial charge in [0.1, 0.15) is 12.4 Å². The zero-order valence-electron chi connectivity index (χ0n) is 15.2. The van der Waals surface area contributed by atoms with E-state index < -0.39 is 18.0 Å². The third kappa shape index (κ3) is 7.54. The van der Waals surface area contributed by atoms with Crippen molar-refractivity contribution in [2.75, 3.05) is 6.61 Å². The van der Waals surface area contributed by atoms with Crippen LogP contribution in [-0.4, -0.2) is 30.6 Å². The van der Waals surface area contributed by atoms with E-state index in [-0.39, 0.29) is 12.6 Å². The zero-order chi connectivity index (χ0) is 19.6. The number of esters is 1. The molecule has 142 valence electrons. The van der Waals surface area contributed by atoms with Gasteiger partial charge in [0.25, 0.3) is 5.91 Å². The van der Waals surface area contributed by atoms with Crippen molar-refractivity contribution in [3.8, 4) is 5.75 Å². The number of benzene rings is 2. The third-order valence-corrected chi connectivity index (χ3v) is 3.66. The van der Waals surface area contributed by atoms with Crippen molar-refractivity contribution in [2.45, 2.75) is 26.0 Å². The molecule has 0 heterocycles. The van der Waals surface area contributed by atoms with Gasteiger partial charge in [-0.05, 0) is 49.8 Å². The van der Waals surface area contributed by atoms with Crippen molar-refractivity contribution >= 4 is 29.6 Å². The second-order valence-electron chi connectivity index (χ2n) is 6.10. The van der Waals surface area contributed by atoms with Gasteiger partial charge in [0.05, 0.1) is 0 Å². The molecule has 0 aromatic heterocycles. The predicted molar refractivity (Wildman–Crippen MR) is 106 cm³/mol. The van der Waals surface area contributed by atoms with Gasteiger partial charge in [0.15, 0.2) is 0 Å². The highest BCUT2D eigenvalue weighted by molar-refractivity contribution is 6.30. The van der Waals surface area contributed by atoms with Gasteiger partial charge < -0.3 is 14.8 Å². The van der Waals surface area contributed by atoms with E-state index in [1.807, 2.05) is 44.2 Å². The van der Waals surface area contributed by atoms with Gasteiger partial charge in [0, 0.05) is 17.1 Å². The summed E-state index contributed by atoms with van der Waals surface area (Å²) in [5.41, 5.74) is 0.857. The van der Waals surface area contributed by atoms with Crippen molar-refractivity contribution in [3.05, 3.63) is 71.3 Å². The summed E-state index contributed by atoms with van der Waals surface area (Å²) in [7, 11) is 0. The first-order valence-electron chi connectivity index (χ1n) is 8.56. The van der Waals surface area contributed by atoms with Crippen LogP contribution in [0.3, 0.4) is 0 Å². The highest BCUT2D eigenvalue weighted by Crippen LogP contribution is 2.16. The monoisotopic (exact) mass is 387 g/mol. The number of rotatable bonds is 8. The molecule has 0 aliphatic carbocycles. The lowest BCUT2D eigenvalue weighted by Gasteiger charge is -2.19. The van der Waals surface area contributed by atoms with E-state index in [1.165, 1.54) is 6.08 Å². The Morgan fingerprint density at radius 3 is 2.37 bits per heavy atom. The molecule has 1 unspecified atom stereocenters. The number of carbonyl (C=O) groups is 2. The summed E-state index contributed by atoms with van der Waals surface area (Å²) in [4.78, 5) is 24.4. The van der Waals surface area contributed by atoms with E-state index in [4.69, 9.17) is 21.1 Å². The minimum atomic E-state index is -1.07. The highest BCUT2D eigenvalue weighted by atomic mass is 35.5. The smallest absolute Gasteiger partial charge is 0.331 e. The Bertz CT molecular complexity index is 773. The van der Waals surface area contributed by atoms with Crippen LogP contribution in [0.4, 0.5) is 0 Å². The van der Waals surface area contributed by atoms with Gasteiger partial charge in [-0.15, -0.1) is 0 Å². The molecule has 1 atom stereocenters. The molecule has 27 heavy (non-hydrogen) atoms. The van der Waals surface area contributed by atoms with E-state index in [9.17, 15) is 9.59 Å². The second-order valence-corrected chi connectivity index (χ2v) is 6.53. The van der Waals surface area contributed by atoms with E-state index in [0.29, 0.717) is 10.8 Å². The van der Waals surface area contributed by atoms with Crippen molar-refractivity contribution in [1.82, 2.24) is 5.32 Å². The van der Waals surface area contributed by atoms with Crippen molar-refractivity contribution in [3.63, 3.8) is 0 Å². The summed E-state index contributed by atoms with van der Waals surface area (Å²) in [5.74, 6) is -0.513. The molecule has 0 saturated heterocycles. The Morgan fingerprint density at radius 2 is 1.74 bits per heavy atom. The van der Waals surface area contributed by atoms with Crippen molar-refractivity contribution in [2.24, 2.45) is 0 Å². The van der Waals surface area contributed by atoms with Gasteiger partial charge in [0.2, 0.25) is 6.10 Å². The van der Waals surface area contributed by atoms with Gasteiger partial charge in [-0.3, -0.25) is 4.79 Å². The van der Waals surface area contributed by atoms with Gasteiger partial charge in [-0.1, -0.05) is 41.9 Å². The molecule has 0 aliphatic heterocycles. The van der Waals surface area contributed by atoms with Crippen LogP contribution in [-0.2, 0) is 14.3 Å². The summed E-state index contributed by atoms with van der Waals surface area (Å²) < 4.78 is 10.9. The number of nitrogens with one attached hydrogen (secondary N) is 1. The Balaban J connectivity index is 2.00. The summed E-state index contributed by atoms with van der Waals surface area (Å²) in [6.45, 7) is 3.55. The number of hydrogen-bond donors (Lipinski definition) is 1. The molecule has 0 aliphatic rings. The van der Waals surface area contributed by atoms with Crippen LogP contribution in [0, 0.1) is 0 Å². The molecular formula is C21H22ClNO4. The number of hydrogen-bond acceptors (Lipinski definition) is 4. The van der Waals surface area contributed by atoms with Crippen LogP contribution in [0.1, 0.15) is 19.4 Å². The Kier molecular flexibility index (Phi) is 7.89. The third-order valence-electron chi connectivity index (χ3n) is 3.41. The molecule has 0 fully saturated rings. The standard InChI is InChI=1S/C21H22ClNO4/c1-15(2)23-21(25)19(14-26-18-11-9-17(22)10-12-18)27-20(24)13-8-16-6-4-3-5-7-16/h3-13,15,19H,14H2,1-2H3,(H,23,25)/b13-8+. The zero-order valence-corrected chi connectivity index (χ0v) is 16.0. The van der Waals surface area contributed by atoms with E-state index in [0.717, 1.165) is 5.56 Å². The van der Waals surface area contributed by atoms with Crippen LogP contribution in [0.25, 0.3) is 6.08 Å². The van der Waals surface area contributed by atoms with Gasteiger partial charge in [-0.2, -0.15) is 0 Å². The average Bonchev–Trinajstić information content (AvgIpc) is 2.65. The lowest BCUT2D eigenvalue weighted by Crippen LogP contribution is -2.43. The van der Waals surface area contributed by atoms with Crippen molar-refractivity contribution < 1.29 is 19.1 Å². The average molecular weight is 388 g/mol. The first kappa shape index (κ1) is 20.5. The van der Waals surface area contributed by atoms with E-state index in [1.54, 1.807) is 30.3 Å². The SMILES string of the molecule is CC(C)NC(=O)C(COc1ccc(Cl)cc1)OC(=O)/C=C/c1ccccc1. The lowest BCUT2D eigenvalue weighted by atomic mass is 10.2. The predicted octanol–water partition coefficient (Wildman–Crippen LogP) is 3.87. The van der Waals surface area contributed by atoms with E-state index >= 15 is 0 Å². The number of ether oxygens (including phenoxy) is 2. The highest BCUT2D eigenvalue weighted by Gasteiger charge is 2.23. The second kappa shape index (κ2) is 10.4. The molecule has 0 bridgehead atoms. The van der Waals surface area contributed by atoms with Crippen LogP contribution in [0.2, 0.25) is 5.02 Å². The Labute approximate surface area is 163 Å². The Hall–Kier alpha value is -2.79. The molecule has 0 spiro atoms. The van der Waals surface area contributed by atoms with Crippen LogP contribution >= 0.6 is 11.6 Å². The normalized spacial score (nSPS) is 12.0. The fourth-order valence-corrected chi connectivity index (χ4v) is 2.28. The lowest BCUT2D eigenvalue weighted by molar-refractivity contribution is -0.153. The molecule has 6 heteroatoms. The molecule has 0 radical (unpaired) electrons. The largest absolute Gasteiger partial charge is 0.489 e. The minimum Gasteiger partial charge on any atom is -0.489 e. The summed E-state index contributed by atoms with van der Waals surface area (Å²) in [6, 6.07) is 15.9. The first-order chi connectivity index (χ1) is 12.9. The maximum Gasteiger partial charge on any atom is 0.331 e. The first-order valence-corrected chi connectivity index (χ1v) is 8.94. The quantitative estimate of drug-likeness (QED) is 0.551. The molecule has 2 aromatic rings. The topological polar surface area (TPSA) is 64.6 Å². The maximum atomic E-state index is 12.3. The van der Waals surface area contributed by atoms with Crippen LogP contribution < -0.4 is 10.1 Å². The molecule has 5 nitrogen and oxygen atoms in total. The Morgan fingerprint density at radius 1 is 1.07 bits per heavy atom. The molecule has 2 rings (SSSR count). The maximum absolute atomic E-state index is 12.3. The molecule has 2 aromatic carbocycles. The number of halogens is 1. The number of carbonyl (C=O) groups excluding carboxylic acids is 2. The summed E-state index contributed by atoms with van der Waals surface area (Å²) in [5, 5.41) is 3.30. The van der Waals surface area contributed by atoms with E-state index in [2.05, 4.69) is 5.32 Å². The summed E-state index contributed by atoms with van der Waals surface area (Å²) in [6.07, 6.45) is 1.84. The molecular weight excluding hydrogens is 366 g/mol. The van der Waals surface area contributed by atoms with Gasteiger partial charge >= 0.3 is 5.97 Å². The fraction of sp³-hybridized carbons (Fsp3) is 0.238. The number of amides is 1. The fourth-order valence-electron chi connectivity index (χ4n) is 2.15.